The van der Waals surface area contributed by atoms with Crippen molar-refractivity contribution in [3.8, 4) is 0 Å². The molecular formula is C22H34ClN6O10P. The number of fused-ring (bicyclic) bond motifs is 1. The van der Waals surface area contributed by atoms with Crippen LogP contribution in [0.3, 0.4) is 0 Å². The number of aliphatic hydroxyl groups is 1. The van der Waals surface area contributed by atoms with E-state index in [4.69, 9.17) is 25.8 Å². The molecule has 1 fully saturated rings. The Labute approximate surface area is 235 Å². The van der Waals surface area contributed by atoms with Gasteiger partial charge in [0.25, 0.3) is 0 Å². The van der Waals surface area contributed by atoms with E-state index >= 15 is 0 Å². The van der Waals surface area contributed by atoms with E-state index in [1.807, 2.05) is 0 Å². The summed E-state index contributed by atoms with van der Waals surface area (Å²) in [6.45, 7) is 3.37. The topological polar surface area (TPSA) is 197 Å². The van der Waals surface area contributed by atoms with E-state index in [1.165, 1.54) is 20.5 Å². The molecule has 1 aliphatic heterocycles. The van der Waals surface area contributed by atoms with E-state index in [0.717, 1.165) is 11.3 Å². The van der Waals surface area contributed by atoms with Crippen molar-refractivity contribution in [1.82, 2.24) is 24.4 Å². The molecule has 1 saturated heterocycles. The molecule has 1 amide bonds. The van der Waals surface area contributed by atoms with Gasteiger partial charge in [-0.25, -0.2) is 9.78 Å². The molecule has 3 rings (SSSR count). The number of amides is 1. The lowest BCUT2D eigenvalue weighted by Gasteiger charge is -2.27. The van der Waals surface area contributed by atoms with Crippen LogP contribution in [0.2, 0.25) is 5.28 Å². The third-order valence-corrected chi connectivity index (χ3v) is 7.15. The summed E-state index contributed by atoms with van der Waals surface area (Å²) >= 11 is 6.14. The van der Waals surface area contributed by atoms with Gasteiger partial charge in [-0.2, -0.15) is 9.97 Å². The summed E-state index contributed by atoms with van der Waals surface area (Å²) in [5, 5.41) is 14.1. The van der Waals surface area contributed by atoms with Crippen LogP contribution in [-0.4, -0.2) is 118 Å². The SMILES string of the molecule is CO[C@H](CN(C)C(=O)CP(=O)(O)OCOC(=O)OC(C)C)[C@@H](O)Cn1cnc2c(N[C@H]3CCOC3)nc(Cl)nc21. The number of carbonyl (C=O) groups is 2. The van der Waals surface area contributed by atoms with E-state index < -0.39 is 50.9 Å². The van der Waals surface area contributed by atoms with Crippen molar-refractivity contribution < 1.29 is 47.6 Å². The number of ether oxygens (including phenoxy) is 4. The lowest BCUT2D eigenvalue weighted by atomic mass is 10.2. The number of likely N-dealkylation sites (N-methyl/N-ethyl adjacent to an activating group) is 1. The Kier molecular flexibility index (Phi) is 11.5. The Balaban J connectivity index is 1.57. The Morgan fingerprint density at radius 2 is 2.12 bits per heavy atom. The van der Waals surface area contributed by atoms with Crippen molar-refractivity contribution in [3.05, 3.63) is 11.6 Å². The third-order valence-electron chi connectivity index (χ3n) is 5.80. The number of methoxy groups -OCH3 is 1. The lowest BCUT2D eigenvalue weighted by Crippen LogP contribution is -2.43. The highest BCUT2D eigenvalue weighted by atomic mass is 35.5. The van der Waals surface area contributed by atoms with Crippen molar-refractivity contribution in [3.63, 3.8) is 0 Å². The average Bonchev–Trinajstić information content (AvgIpc) is 3.51. The number of hydrogen-bond donors (Lipinski definition) is 3. The highest BCUT2D eigenvalue weighted by Crippen LogP contribution is 2.41. The van der Waals surface area contributed by atoms with Gasteiger partial charge >= 0.3 is 13.8 Å². The van der Waals surface area contributed by atoms with Crippen LogP contribution in [0.4, 0.5) is 10.6 Å². The van der Waals surface area contributed by atoms with Crippen LogP contribution in [0, 0.1) is 0 Å². The predicted molar refractivity (Wildman–Crippen MR) is 141 cm³/mol. The maximum absolute atomic E-state index is 12.6. The Hall–Kier alpha value is -2.59. The molecule has 1 aliphatic rings. The number of carbonyl (C=O) groups excluding carboxylic acids is 2. The summed E-state index contributed by atoms with van der Waals surface area (Å²) in [4.78, 5) is 47.8. The summed E-state index contributed by atoms with van der Waals surface area (Å²) in [6.07, 6.45) is -2.14. The molecule has 0 aliphatic carbocycles. The first-order valence-corrected chi connectivity index (χ1v) is 14.5. The third kappa shape index (κ3) is 9.23. The summed E-state index contributed by atoms with van der Waals surface area (Å²) in [7, 11) is -1.71. The number of rotatable bonds is 14. The van der Waals surface area contributed by atoms with Crippen molar-refractivity contribution in [2.24, 2.45) is 0 Å². The maximum atomic E-state index is 12.6. The quantitative estimate of drug-likeness (QED) is 0.120. The fourth-order valence-electron chi connectivity index (χ4n) is 3.76. The van der Waals surface area contributed by atoms with Crippen LogP contribution in [0.25, 0.3) is 11.2 Å². The van der Waals surface area contributed by atoms with E-state index in [2.05, 4.69) is 29.5 Å². The zero-order chi connectivity index (χ0) is 29.4. The first-order chi connectivity index (χ1) is 18.9. The van der Waals surface area contributed by atoms with Crippen LogP contribution in [-0.2, 0) is 39.4 Å². The standard InChI is InChI=1S/C22H34ClN6O10P/c1-13(2)39-22(32)37-12-38-40(33,34)10-17(31)28(3)8-16(35-4)15(30)7-29-11-24-18-19(25-14-5-6-36-9-14)26-21(23)27-20(18)29/h11,13-16,30H,5-10,12H2,1-4H3,(H,33,34)(H,25,26,27)/t14-,15-,16+/m0/s1. The van der Waals surface area contributed by atoms with Gasteiger partial charge < -0.3 is 43.7 Å². The molecule has 16 nitrogen and oxygen atoms in total. The van der Waals surface area contributed by atoms with E-state index in [1.54, 1.807) is 18.4 Å². The molecule has 224 valence electrons. The first kappa shape index (κ1) is 31.9. The summed E-state index contributed by atoms with van der Waals surface area (Å²) in [5.41, 5.74) is 0.850. The molecule has 2 aromatic heterocycles. The van der Waals surface area contributed by atoms with Crippen molar-refractivity contribution in [2.75, 3.05) is 52.2 Å². The van der Waals surface area contributed by atoms with Crippen molar-refractivity contribution >= 4 is 48.2 Å². The molecule has 0 bridgehead atoms. The van der Waals surface area contributed by atoms with Crippen LogP contribution in [0.1, 0.15) is 20.3 Å². The van der Waals surface area contributed by atoms with E-state index in [-0.39, 0.29) is 24.4 Å². The van der Waals surface area contributed by atoms with Gasteiger partial charge in [0.1, 0.15) is 12.3 Å². The summed E-state index contributed by atoms with van der Waals surface area (Å²) in [5.74, 6) is -0.311. The van der Waals surface area contributed by atoms with E-state index in [0.29, 0.717) is 30.2 Å². The normalized spacial score (nSPS) is 18.4. The monoisotopic (exact) mass is 608 g/mol. The molecule has 40 heavy (non-hydrogen) atoms. The minimum absolute atomic E-state index is 0.00311. The second-order valence-corrected chi connectivity index (χ2v) is 11.5. The minimum atomic E-state index is -4.44. The van der Waals surface area contributed by atoms with Crippen molar-refractivity contribution in [1.29, 1.82) is 0 Å². The zero-order valence-electron chi connectivity index (χ0n) is 22.6. The van der Waals surface area contributed by atoms with Gasteiger partial charge in [-0.05, 0) is 31.9 Å². The molecule has 3 heterocycles. The van der Waals surface area contributed by atoms with Crippen LogP contribution >= 0.6 is 19.2 Å². The molecule has 0 spiro atoms. The lowest BCUT2D eigenvalue weighted by molar-refractivity contribution is -0.130. The largest absolute Gasteiger partial charge is 0.510 e. The van der Waals surface area contributed by atoms with Gasteiger partial charge in [0.2, 0.25) is 18.0 Å². The molecule has 18 heteroatoms. The van der Waals surface area contributed by atoms with Crippen LogP contribution < -0.4 is 5.32 Å². The van der Waals surface area contributed by atoms with Gasteiger partial charge in [-0.15, -0.1) is 0 Å². The average molecular weight is 609 g/mol. The number of imidazole rings is 1. The molecule has 0 aromatic carbocycles. The number of hydrogen-bond acceptors (Lipinski definition) is 13. The number of halogens is 1. The fraction of sp³-hybridized carbons (Fsp3) is 0.682. The first-order valence-electron chi connectivity index (χ1n) is 12.4. The Bertz CT molecular complexity index is 1210. The molecule has 4 atom stereocenters. The molecule has 2 aromatic rings. The predicted octanol–water partition coefficient (Wildman–Crippen LogP) is 1.24. The smallest absolute Gasteiger partial charge is 0.432 e. The molecule has 0 radical (unpaired) electrons. The van der Waals surface area contributed by atoms with Gasteiger partial charge in [0, 0.05) is 27.3 Å². The van der Waals surface area contributed by atoms with Gasteiger partial charge in [0.05, 0.1) is 37.7 Å². The highest BCUT2D eigenvalue weighted by molar-refractivity contribution is 7.53. The Morgan fingerprint density at radius 3 is 2.77 bits per heavy atom. The van der Waals surface area contributed by atoms with Crippen molar-refractivity contribution in [2.45, 2.75) is 51.2 Å². The Morgan fingerprint density at radius 1 is 1.38 bits per heavy atom. The summed E-state index contributed by atoms with van der Waals surface area (Å²) in [6, 6.07) is 0.0596. The van der Waals surface area contributed by atoms with E-state index in [9.17, 15) is 24.2 Å². The van der Waals surface area contributed by atoms with Crippen LogP contribution in [0.15, 0.2) is 6.33 Å². The summed E-state index contributed by atoms with van der Waals surface area (Å²) < 4.78 is 38.5. The molecule has 1 unspecified atom stereocenters. The highest BCUT2D eigenvalue weighted by Gasteiger charge is 2.30. The second kappa shape index (κ2) is 14.3. The van der Waals surface area contributed by atoms with Crippen LogP contribution in [0.5, 0.6) is 0 Å². The fourth-order valence-corrected chi connectivity index (χ4v) is 4.81. The number of anilines is 1. The zero-order valence-corrected chi connectivity index (χ0v) is 24.2. The second-order valence-electron chi connectivity index (χ2n) is 9.33. The maximum Gasteiger partial charge on any atom is 0.510 e. The number of aliphatic hydroxyl groups excluding tert-OH is 1. The van der Waals surface area contributed by atoms with Gasteiger partial charge in [0.15, 0.2) is 17.0 Å². The molecule has 3 N–H and O–H groups in total. The minimum Gasteiger partial charge on any atom is -0.432 e. The molecular weight excluding hydrogens is 575 g/mol. The number of aromatic nitrogens is 4. The number of nitrogens with zero attached hydrogens (tertiary/aromatic N) is 5. The van der Waals surface area contributed by atoms with Gasteiger partial charge in [-0.3, -0.25) is 13.9 Å². The van der Waals surface area contributed by atoms with Gasteiger partial charge in [-0.1, -0.05) is 0 Å². The number of nitrogens with one attached hydrogen (secondary N) is 1. The molecule has 0 saturated carbocycles.